The molecule has 17 nitrogen and oxygen atoms in total. The van der Waals surface area contributed by atoms with Crippen molar-refractivity contribution >= 4 is 52.3 Å². The third kappa shape index (κ3) is 9.62. The molecule has 1 aliphatic rings. The van der Waals surface area contributed by atoms with Crippen LogP contribution >= 0.6 is 0 Å². The Labute approximate surface area is 269 Å². The molecule has 7 amide bonds. The molecule has 0 aliphatic carbocycles. The highest BCUT2D eigenvalue weighted by atomic mass is 16.2. The van der Waals surface area contributed by atoms with Crippen LogP contribution in [0.1, 0.15) is 31.0 Å². The number of fused-ring (bicyclic) bond motifs is 1. The number of nitrogens with two attached hydrogens (primary N) is 1. The summed E-state index contributed by atoms with van der Waals surface area (Å²) in [4.78, 5) is 98.2. The second-order valence-electron chi connectivity index (χ2n) is 11.1. The Morgan fingerprint density at radius 3 is 2.30 bits per heavy atom. The van der Waals surface area contributed by atoms with Crippen LogP contribution in [0.5, 0.6) is 0 Å². The van der Waals surface area contributed by atoms with E-state index in [0.29, 0.717) is 25.1 Å². The monoisotopic (exact) mass is 650 g/mol. The molecular formula is C30H38N10O7. The quantitative estimate of drug-likeness (QED) is 0.0870. The molecule has 1 aliphatic heterocycles. The van der Waals surface area contributed by atoms with Crippen molar-refractivity contribution in [1.82, 2.24) is 46.4 Å². The summed E-state index contributed by atoms with van der Waals surface area (Å²) in [6.07, 6.45) is 5.96. The predicted molar refractivity (Wildman–Crippen MR) is 167 cm³/mol. The van der Waals surface area contributed by atoms with E-state index in [2.05, 4.69) is 41.5 Å². The molecule has 2 aromatic heterocycles. The number of amides is 7. The van der Waals surface area contributed by atoms with Gasteiger partial charge in [-0.3, -0.25) is 33.6 Å². The Kier molecular flexibility index (Phi) is 11.6. The highest BCUT2D eigenvalue weighted by Crippen LogP contribution is 2.19. The van der Waals surface area contributed by atoms with Gasteiger partial charge >= 0.3 is 0 Å². The fourth-order valence-corrected chi connectivity index (χ4v) is 5.27. The number of primary amides is 1. The molecule has 3 aromatic rings. The SMILES string of the molecule is CC(=O)N1CCC[C@H]1C(=O)N[C@@H](Cc1cnc[nH]1)C(=O)NCC(=O)NCC(=O)NCC(=O)N[C@@H](Cc1c[nH]c2ccccc12)C(N)=O. The molecule has 0 saturated carbocycles. The number of nitrogens with one attached hydrogen (secondary N) is 7. The van der Waals surface area contributed by atoms with E-state index < -0.39 is 73.2 Å². The first-order valence-electron chi connectivity index (χ1n) is 15.0. The number of rotatable bonds is 15. The number of likely N-dealkylation sites (tertiary alicyclic amines) is 1. The van der Waals surface area contributed by atoms with Gasteiger partial charge in [0.1, 0.15) is 18.1 Å². The predicted octanol–water partition coefficient (Wildman–Crippen LogP) is -2.51. The second-order valence-corrected chi connectivity index (χ2v) is 11.1. The number of aromatic amines is 2. The van der Waals surface area contributed by atoms with Gasteiger partial charge < -0.3 is 47.2 Å². The Morgan fingerprint density at radius 1 is 0.915 bits per heavy atom. The van der Waals surface area contributed by atoms with E-state index in [4.69, 9.17) is 5.73 Å². The third-order valence-corrected chi connectivity index (χ3v) is 7.66. The van der Waals surface area contributed by atoms with Crippen LogP contribution in [0, 0.1) is 0 Å². The summed E-state index contributed by atoms with van der Waals surface area (Å²) in [6, 6.07) is 4.67. The third-order valence-electron chi connectivity index (χ3n) is 7.66. The van der Waals surface area contributed by atoms with Gasteiger partial charge in [-0.05, 0) is 24.5 Å². The van der Waals surface area contributed by atoms with Crippen LogP contribution in [0.2, 0.25) is 0 Å². The van der Waals surface area contributed by atoms with Crippen molar-refractivity contribution in [2.45, 2.75) is 50.7 Å². The lowest BCUT2D eigenvalue weighted by Gasteiger charge is -2.25. The number of carbonyl (C=O) groups excluding carboxylic acids is 7. The summed E-state index contributed by atoms with van der Waals surface area (Å²) in [6.45, 7) is 0.358. The van der Waals surface area contributed by atoms with Gasteiger partial charge in [-0.2, -0.15) is 0 Å². The van der Waals surface area contributed by atoms with Gasteiger partial charge in [0, 0.05) is 55.3 Å². The molecule has 3 atom stereocenters. The Hall–Kier alpha value is -5.74. The van der Waals surface area contributed by atoms with E-state index in [0.717, 1.165) is 16.5 Å². The first kappa shape index (κ1) is 34.1. The Balaban J connectivity index is 1.20. The Bertz CT molecular complexity index is 1620. The second kappa shape index (κ2) is 16.0. The van der Waals surface area contributed by atoms with Crippen LogP contribution in [0.3, 0.4) is 0 Å². The van der Waals surface area contributed by atoms with Crippen molar-refractivity contribution in [2.75, 3.05) is 26.2 Å². The maximum absolute atomic E-state index is 13.0. The van der Waals surface area contributed by atoms with Crippen LogP contribution in [0.15, 0.2) is 43.0 Å². The van der Waals surface area contributed by atoms with E-state index in [1.165, 1.54) is 24.3 Å². The van der Waals surface area contributed by atoms with Crippen LogP contribution in [0.4, 0.5) is 0 Å². The molecule has 0 radical (unpaired) electrons. The topological polar surface area (TPSA) is 253 Å². The molecule has 3 heterocycles. The smallest absolute Gasteiger partial charge is 0.243 e. The standard InChI is InChI=1S/C30H38N10O7/c1-17(41)40-8-4-7-24(40)30(47)39-23(10-19-12-32-16-37-19)29(46)36-14-26(43)34-13-25(42)35-15-27(44)38-22(28(31)45)9-18-11-33-21-6-3-2-5-20(18)21/h2-3,5-6,11-12,16,22-24,33H,4,7-10,13-15H2,1H3,(H2,31,45)(H,32,37)(H,34,43)(H,35,42)(H,36,46)(H,38,44)(H,39,47)/t22-,23-,24-/m0/s1. The molecular weight excluding hydrogens is 612 g/mol. The van der Waals surface area contributed by atoms with Gasteiger partial charge in [0.25, 0.3) is 0 Å². The van der Waals surface area contributed by atoms with Gasteiger partial charge in [-0.15, -0.1) is 0 Å². The van der Waals surface area contributed by atoms with Gasteiger partial charge in [0.15, 0.2) is 0 Å². The van der Waals surface area contributed by atoms with Gasteiger partial charge in [0.05, 0.1) is 26.0 Å². The number of carbonyl (C=O) groups is 7. The zero-order valence-corrected chi connectivity index (χ0v) is 25.8. The van der Waals surface area contributed by atoms with E-state index in [9.17, 15) is 33.6 Å². The highest BCUT2D eigenvalue weighted by molar-refractivity contribution is 5.95. The summed E-state index contributed by atoms with van der Waals surface area (Å²) in [5.74, 6) is -4.17. The molecule has 250 valence electrons. The molecule has 0 spiro atoms. The maximum Gasteiger partial charge on any atom is 0.243 e. The normalized spacial score (nSPS) is 15.3. The van der Waals surface area contributed by atoms with Crippen molar-refractivity contribution < 1.29 is 33.6 Å². The first-order valence-corrected chi connectivity index (χ1v) is 15.0. The molecule has 47 heavy (non-hydrogen) atoms. The summed E-state index contributed by atoms with van der Waals surface area (Å²) in [5, 5.41) is 13.2. The fraction of sp³-hybridized carbons (Fsp3) is 0.400. The first-order chi connectivity index (χ1) is 22.5. The number of H-pyrrole nitrogens is 2. The average Bonchev–Trinajstić information content (AvgIpc) is 3.83. The zero-order valence-electron chi connectivity index (χ0n) is 25.8. The fourth-order valence-electron chi connectivity index (χ4n) is 5.27. The summed E-state index contributed by atoms with van der Waals surface area (Å²) in [7, 11) is 0. The molecule has 17 heteroatoms. The van der Waals surface area contributed by atoms with Crippen molar-refractivity contribution in [3.8, 4) is 0 Å². The number of para-hydroxylation sites is 1. The lowest BCUT2D eigenvalue weighted by molar-refractivity contribution is -0.138. The molecule has 1 fully saturated rings. The van der Waals surface area contributed by atoms with E-state index in [1.54, 1.807) is 6.20 Å². The molecule has 1 saturated heterocycles. The zero-order chi connectivity index (χ0) is 33.9. The van der Waals surface area contributed by atoms with Crippen molar-refractivity contribution in [3.05, 3.63) is 54.2 Å². The van der Waals surface area contributed by atoms with Crippen molar-refractivity contribution in [1.29, 1.82) is 0 Å². The number of hydrogen-bond acceptors (Lipinski definition) is 8. The molecule has 9 N–H and O–H groups in total. The summed E-state index contributed by atoms with van der Waals surface area (Å²) in [5.41, 5.74) is 7.70. The van der Waals surface area contributed by atoms with E-state index >= 15 is 0 Å². The van der Waals surface area contributed by atoms with Gasteiger partial charge in [-0.1, -0.05) is 18.2 Å². The van der Waals surface area contributed by atoms with Crippen LogP contribution in [0.25, 0.3) is 10.9 Å². The lowest BCUT2D eigenvalue weighted by Crippen LogP contribution is -2.54. The lowest BCUT2D eigenvalue weighted by atomic mass is 10.0. The summed E-state index contributed by atoms with van der Waals surface area (Å²) < 4.78 is 0. The van der Waals surface area contributed by atoms with Gasteiger partial charge in [0.2, 0.25) is 41.4 Å². The molecule has 4 rings (SSSR count). The highest BCUT2D eigenvalue weighted by Gasteiger charge is 2.34. The van der Waals surface area contributed by atoms with Crippen molar-refractivity contribution in [3.63, 3.8) is 0 Å². The van der Waals surface area contributed by atoms with Crippen molar-refractivity contribution in [2.24, 2.45) is 5.73 Å². The minimum atomic E-state index is -1.08. The molecule has 0 unspecified atom stereocenters. The minimum Gasteiger partial charge on any atom is -0.368 e. The Morgan fingerprint density at radius 2 is 1.62 bits per heavy atom. The van der Waals surface area contributed by atoms with Crippen LogP contribution < -0.4 is 32.3 Å². The minimum absolute atomic E-state index is 0.0504. The molecule has 0 bridgehead atoms. The van der Waals surface area contributed by atoms with E-state index in [-0.39, 0.29) is 18.7 Å². The summed E-state index contributed by atoms with van der Waals surface area (Å²) >= 11 is 0. The molecule has 1 aromatic carbocycles. The number of benzene rings is 1. The number of aromatic nitrogens is 3. The maximum atomic E-state index is 13.0. The number of nitrogens with zero attached hydrogens (tertiary/aromatic N) is 2. The van der Waals surface area contributed by atoms with Crippen LogP contribution in [-0.2, 0) is 46.4 Å². The largest absolute Gasteiger partial charge is 0.368 e. The van der Waals surface area contributed by atoms with Gasteiger partial charge in [-0.25, -0.2) is 4.98 Å². The number of hydrogen-bond donors (Lipinski definition) is 8. The average molecular weight is 651 g/mol. The van der Waals surface area contributed by atoms with Crippen LogP contribution in [-0.4, -0.2) is 106 Å². The number of imidazole rings is 1. The van der Waals surface area contributed by atoms with E-state index in [1.807, 2.05) is 24.3 Å².